The molecule has 1 aliphatic rings. The second-order valence-electron chi connectivity index (χ2n) is 4.60. The van der Waals surface area contributed by atoms with E-state index in [9.17, 15) is 13.6 Å². The van der Waals surface area contributed by atoms with E-state index in [1.165, 1.54) is 23.5 Å². The van der Waals surface area contributed by atoms with E-state index in [2.05, 4.69) is 14.5 Å². The summed E-state index contributed by atoms with van der Waals surface area (Å²) in [7, 11) is 0. The predicted molar refractivity (Wildman–Crippen MR) is 77.2 cm³/mol. The lowest BCUT2D eigenvalue weighted by Gasteiger charge is -2.04. The molecule has 0 radical (unpaired) electrons. The van der Waals surface area contributed by atoms with Crippen LogP contribution in [0.15, 0.2) is 29.4 Å². The van der Waals surface area contributed by atoms with E-state index in [4.69, 9.17) is 4.74 Å². The zero-order chi connectivity index (χ0) is 16.6. The van der Waals surface area contributed by atoms with Gasteiger partial charge in [0.15, 0.2) is 11.5 Å². The monoisotopic (exact) mass is 342 g/mol. The first-order valence-electron chi connectivity index (χ1n) is 6.69. The molecule has 122 valence electrons. The Hall–Kier alpha value is -2.42. The number of rotatable bonds is 2. The summed E-state index contributed by atoms with van der Waals surface area (Å²) in [5.74, 6) is -0.124. The van der Waals surface area contributed by atoms with E-state index in [0.717, 1.165) is 4.88 Å². The highest BCUT2D eigenvalue weighted by molar-refractivity contribution is 7.09. The first-order chi connectivity index (χ1) is 10.9. The molecular weight excluding hydrogens is 330 g/mol. The number of fused-ring (bicyclic) bond motifs is 1. The number of hydrogen-bond donors (Lipinski definition) is 0. The maximum atomic E-state index is 13.1. The molecule has 0 fully saturated rings. The van der Waals surface area contributed by atoms with Crippen LogP contribution >= 0.6 is 11.3 Å². The molecule has 23 heavy (non-hydrogen) atoms. The fourth-order valence-electron chi connectivity index (χ4n) is 2.04. The lowest BCUT2D eigenvalue weighted by molar-refractivity contribution is -0.286. The molecular formula is C14H12F2N2O4S. The van der Waals surface area contributed by atoms with Gasteiger partial charge in [-0.2, -0.15) is 0 Å². The van der Waals surface area contributed by atoms with Crippen LogP contribution in [0, 0.1) is 6.92 Å². The van der Waals surface area contributed by atoms with Crippen molar-refractivity contribution in [3.05, 3.63) is 34.1 Å². The lowest BCUT2D eigenvalue weighted by atomic mass is 10.3. The number of alkyl halides is 2. The van der Waals surface area contributed by atoms with Gasteiger partial charge in [0.05, 0.1) is 12.3 Å². The van der Waals surface area contributed by atoms with E-state index in [1.54, 1.807) is 23.8 Å². The maximum Gasteiger partial charge on any atom is 0.586 e. The van der Waals surface area contributed by atoms with Crippen molar-refractivity contribution in [3.8, 4) is 17.2 Å². The summed E-state index contributed by atoms with van der Waals surface area (Å²) in [4.78, 5) is 16.7. The van der Waals surface area contributed by atoms with Gasteiger partial charge in [-0.25, -0.2) is 4.79 Å². The Morgan fingerprint density at radius 3 is 2.87 bits per heavy atom. The zero-order valence-electron chi connectivity index (χ0n) is 12.2. The fourth-order valence-corrected chi connectivity index (χ4v) is 2.86. The van der Waals surface area contributed by atoms with Crippen molar-refractivity contribution in [1.29, 1.82) is 0 Å². The highest BCUT2D eigenvalue weighted by Crippen LogP contribution is 2.41. The number of amides is 1. The molecule has 0 saturated heterocycles. The molecule has 0 N–H and O–H groups in total. The van der Waals surface area contributed by atoms with Crippen molar-refractivity contribution in [2.45, 2.75) is 20.1 Å². The molecule has 9 heteroatoms. The molecule has 1 amide bonds. The largest absolute Gasteiger partial charge is 0.586 e. The Labute approximate surface area is 133 Å². The van der Waals surface area contributed by atoms with E-state index < -0.39 is 12.4 Å². The van der Waals surface area contributed by atoms with Crippen LogP contribution in [0.25, 0.3) is 5.69 Å². The quantitative estimate of drug-likeness (QED) is 0.841. The molecule has 1 aromatic heterocycles. The molecule has 2 aromatic rings. The molecule has 0 atom stereocenters. The van der Waals surface area contributed by atoms with Crippen molar-refractivity contribution in [3.63, 3.8) is 0 Å². The number of carbonyl (C=O) groups excluding carboxylic acids is 1. The van der Waals surface area contributed by atoms with Gasteiger partial charge in [0.2, 0.25) is 4.80 Å². The second-order valence-corrected chi connectivity index (χ2v) is 5.82. The molecule has 0 unspecified atom stereocenters. The Kier molecular flexibility index (Phi) is 3.80. The molecule has 1 aliphatic heterocycles. The number of aryl methyl sites for hydroxylation is 1. The number of benzene rings is 1. The van der Waals surface area contributed by atoms with Crippen LogP contribution in [0.5, 0.6) is 11.5 Å². The van der Waals surface area contributed by atoms with Crippen molar-refractivity contribution < 1.29 is 27.8 Å². The summed E-state index contributed by atoms with van der Waals surface area (Å²) in [6.07, 6.45) is -2.65. The Bertz CT molecular complexity index is 828. The van der Waals surface area contributed by atoms with Crippen LogP contribution in [0.3, 0.4) is 0 Å². The SMILES string of the molecule is CCOC(=O)/N=c1\sc(C)cn1-c1ccc2c(c1)OC(F)(F)O2. The zero-order valence-corrected chi connectivity index (χ0v) is 13.0. The molecule has 0 spiro atoms. The van der Waals surface area contributed by atoms with Crippen LogP contribution < -0.4 is 14.3 Å². The Morgan fingerprint density at radius 2 is 2.13 bits per heavy atom. The number of aromatic nitrogens is 1. The lowest BCUT2D eigenvalue weighted by Crippen LogP contribution is -2.25. The maximum absolute atomic E-state index is 13.1. The minimum absolute atomic E-state index is 0.0461. The van der Waals surface area contributed by atoms with E-state index >= 15 is 0 Å². The number of ether oxygens (including phenoxy) is 3. The van der Waals surface area contributed by atoms with Crippen molar-refractivity contribution in [2.24, 2.45) is 4.99 Å². The van der Waals surface area contributed by atoms with Gasteiger partial charge in [-0.15, -0.1) is 25.1 Å². The van der Waals surface area contributed by atoms with Gasteiger partial charge in [0.1, 0.15) is 0 Å². The Balaban J connectivity index is 2.03. The standard InChI is InChI=1S/C14H12F2N2O4S/c1-3-20-13(19)17-12-18(7-8(2)23-12)9-4-5-10-11(6-9)22-14(15,16)21-10/h4-7H,3H2,1-2H3/b17-12-. The number of hydrogen-bond acceptors (Lipinski definition) is 5. The molecule has 0 aliphatic carbocycles. The van der Waals surface area contributed by atoms with Crippen LogP contribution in [0.4, 0.5) is 13.6 Å². The summed E-state index contributed by atoms with van der Waals surface area (Å²) in [6.45, 7) is 3.73. The predicted octanol–water partition coefficient (Wildman–Crippen LogP) is 3.23. The van der Waals surface area contributed by atoms with Gasteiger partial charge in [-0.05, 0) is 26.0 Å². The highest BCUT2D eigenvalue weighted by atomic mass is 32.1. The summed E-state index contributed by atoms with van der Waals surface area (Å²) in [5.41, 5.74) is 0.512. The van der Waals surface area contributed by atoms with Crippen molar-refractivity contribution >= 4 is 17.4 Å². The van der Waals surface area contributed by atoms with Crippen LogP contribution in [0.1, 0.15) is 11.8 Å². The first-order valence-corrected chi connectivity index (χ1v) is 7.50. The van der Waals surface area contributed by atoms with Crippen molar-refractivity contribution in [2.75, 3.05) is 6.61 Å². The minimum atomic E-state index is -3.67. The highest BCUT2D eigenvalue weighted by Gasteiger charge is 2.43. The first kappa shape index (κ1) is 15.5. The molecule has 1 aromatic carbocycles. The van der Waals surface area contributed by atoms with Gasteiger partial charge in [0, 0.05) is 17.1 Å². The van der Waals surface area contributed by atoms with Gasteiger partial charge in [-0.1, -0.05) is 0 Å². The smallest absolute Gasteiger partial charge is 0.448 e. The van der Waals surface area contributed by atoms with E-state index in [1.807, 2.05) is 6.92 Å². The van der Waals surface area contributed by atoms with E-state index in [0.29, 0.717) is 10.5 Å². The fraction of sp³-hybridized carbons (Fsp3) is 0.286. The summed E-state index contributed by atoms with van der Waals surface area (Å²) in [5, 5.41) is 0. The van der Waals surface area contributed by atoms with Crippen LogP contribution in [0.2, 0.25) is 0 Å². The topological polar surface area (TPSA) is 62.0 Å². The third-order valence-corrected chi connectivity index (χ3v) is 3.78. The number of halogens is 2. The van der Waals surface area contributed by atoms with Gasteiger partial charge < -0.3 is 14.2 Å². The molecule has 2 heterocycles. The molecule has 0 bridgehead atoms. The third kappa shape index (κ3) is 3.19. The van der Waals surface area contributed by atoms with Crippen molar-refractivity contribution in [1.82, 2.24) is 4.57 Å². The number of thiazole rings is 1. The summed E-state index contributed by atoms with van der Waals surface area (Å²) < 4.78 is 41.3. The molecule has 0 saturated carbocycles. The third-order valence-electron chi connectivity index (χ3n) is 2.89. The van der Waals surface area contributed by atoms with Crippen LogP contribution in [-0.2, 0) is 4.74 Å². The molecule has 3 rings (SSSR count). The minimum Gasteiger partial charge on any atom is -0.448 e. The average molecular weight is 342 g/mol. The summed E-state index contributed by atoms with van der Waals surface area (Å²) >= 11 is 1.27. The normalized spacial score (nSPS) is 15.7. The second kappa shape index (κ2) is 5.65. The van der Waals surface area contributed by atoms with Gasteiger partial charge in [0.25, 0.3) is 0 Å². The van der Waals surface area contributed by atoms with Crippen LogP contribution in [-0.4, -0.2) is 23.6 Å². The summed E-state index contributed by atoms with van der Waals surface area (Å²) in [6, 6.07) is 4.34. The number of nitrogens with zero attached hydrogens (tertiary/aromatic N) is 2. The average Bonchev–Trinajstić information content (AvgIpc) is 2.96. The Morgan fingerprint density at radius 1 is 1.39 bits per heavy atom. The number of carbonyl (C=O) groups is 1. The van der Waals surface area contributed by atoms with Gasteiger partial charge >= 0.3 is 12.4 Å². The van der Waals surface area contributed by atoms with E-state index in [-0.39, 0.29) is 18.1 Å². The van der Waals surface area contributed by atoms with Gasteiger partial charge in [-0.3, -0.25) is 4.57 Å². The molecule has 6 nitrogen and oxygen atoms in total.